The molecule has 2 aromatic heterocycles. The van der Waals surface area contributed by atoms with Gasteiger partial charge in [-0.25, -0.2) is 9.97 Å². The fourth-order valence-electron chi connectivity index (χ4n) is 2.23. The number of thiophene rings is 1. The second kappa shape index (κ2) is 5.56. The number of hydrogen-bond acceptors (Lipinski definition) is 5. The topological polar surface area (TPSA) is 49.8 Å². The second-order valence-corrected chi connectivity index (χ2v) is 7.08. The lowest BCUT2D eigenvalue weighted by molar-refractivity contribution is 0.624. The molecule has 0 radical (unpaired) electrons. The zero-order valence-corrected chi connectivity index (χ0v) is 13.1. The van der Waals surface area contributed by atoms with Crippen molar-refractivity contribution >= 4 is 33.1 Å². The van der Waals surface area contributed by atoms with E-state index in [4.69, 9.17) is 0 Å². The molecule has 0 aromatic carbocycles. The molecule has 2 aromatic rings. The number of halogens is 1. The predicted molar refractivity (Wildman–Crippen MR) is 81.5 cm³/mol. The molecule has 0 saturated heterocycles. The van der Waals surface area contributed by atoms with Gasteiger partial charge >= 0.3 is 0 Å². The molecule has 100 valence electrons. The lowest BCUT2D eigenvalue weighted by Gasteiger charge is -2.20. The Morgan fingerprint density at radius 3 is 3.11 bits per heavy atom. The SMILES string of the molecule is Cc1nc2c(c(NCc3ccc(Br)s3)n1)CNCC2. The van der Waals surface area contributed by atoms with Gasteiger partial charge in [-0.3, -0.25) is 0 Å². The zero-order chi connectivity index (χ0) is 13.2. The fraction of sp³-hybridized carbons (Fsp3) is 0.385. The summed E-state index contributed by atoms with van der Waals surface area (Å²) in [5, 5.41) is 6.82. The molecule has 19 heavy (non-hydrogen) atoms. The van der Waals surface area contributed by atoms with Crippen LogP contribution in [-0.2, 0) is 19.5 Å². The number of hydrogen-bond donors (Lipinski definition) is 2. The molecule has 0 fully saturated rings. The molecule has 0 amide bonds. The molecule has 0 saturated carbocycles. The van der Waals surface area contributed by atoms with Crippen LogP contribution in [0.1, 0.15) is 22.0 Å². The number of fused-ring (bicyclic) bond motifs is 1. The molecule has 1 aliphatic heterocycles. The highest BCUT2D eigenvalue weighted by molar-refractivity contribution is 9.11. The summed E-state index contributed by atoms with van der Waals surface area (Å²) in [4.78, 5) is 10.4. The Hall–Kier alpha value is -0.980. The van der Waals surface area contributed by atoms with E-state index in [1.165, 1.54) is 16.1 Å². The maximum Gasteiger partial charge on any atom is 0.134 e. The molecule has 6 heteroatoms. The molecule has 1 aliphatic rings. The lowest BCUT2D eigenvalue weighted by Crippen LogP contribution is -2.26. The van der Waals surface area contributed by atoms with Crippen molar-refractivity contribution in [3.05, 3.63) is 37.9 Å². The third-order valence-corrected chi connectivity index (χ3v) is 4.73. The van der Waals surface area contributed by atoms with Crippen LogP contribution in [0.3, 0.4) is 0 Å². The molecule has 0 bridgehead atoms. The van der Waals surface area contributed by atoms with Crippen molar-refractivity contribution < 1.29 is 0 Å². The quantitative estimate of drug-likeness (QED) is 0.903. The summed E-state index contributed by atoms with van der Waals surface area (Å²) in [7, 11) is 0. The van der Waals surface area contributed by atoms with Crippen molar-refractivity contribution in [3.8, 4) is 0 Å². The minimum absolute atomic E-state index is 0.805. The number of nitrogens with one attached hydrogen (secondary N) is 2. The second-order valence-electron chi connectivity index (χ2n) is 4.53. The molecular formula is C13H15BrN4S. The van der Waals surface area contributed by atoms with Gasteiger partial charge < -0.3 is 10.6 Å². The number of rotatable bonds is 3. The lowest BCUT2D eigenvalue weighted by atomic mass is 10.1. The van der Waals surface area contributed by atoms with E-state index in [0.29, 0.717) is 0 Å². The normalized spacial score (nSPS) is 14.2. The summed E-state index contributed by atoms with van der Waals surface area (Å²) in [6, 6.07) is 4.20. The molecule has 4 nitrogen and oxygen atoms in total. The van der Waals surface area contributed by atoms with Crippen molar-refractivity contribution in [3.63, 3.8) is 0 Å². The third kappa shape index (κ3) is 2.96. The van der Waals surface area contributed by atoms with Crippen LogP contribution in [0.15, 0.2) is 15.9 Å². The van der Waals surface area contributed by atoms with Crippen molar-refractivity contribution in [2.75, 3.05) is 11.9 Å². The minimum Gasteiger partial charge on any atom is -0.365 e. The molecule has 0 unspecified atom stereocenters. The van der Waals surface area contributed by atoms with Gasteiger partial charge in [0.05, 0.1) is 16.0 Å². The van der Waals surface area contributed by atoms with E-state index < -0.39 is 0 Å². The Kier molecular flexibility index (Phi) is 3.81. The maximum atomic E-state index is 4.54. The zero-order valence-electron chi connectivity index (χ0n) is 10.7. The van der Waals surface area contributed by atoms with Gasteiger partial charge in [-0.2, -0.15) is 0 Å². The van der Waals surface area contributed by atoms with Crippen molar-refractivity contribution in [2.24, 2.45) is 0 Å². The Bertz CT molecular complexity index is 596. The number of nitrogens with zero attached hydrogens (tertiary/aromatic N) is 2. The first-order chi connectivity index (χ1) is 9.22. The van der Waals surface area contributed by atoms with Crippen molar-refractivity contribution in [1.29, 1.82) is 0 Å². The van der Waals surface area contributed by atoms with E-state index in [0.717, 1.165) is 41.5 Å². The maximum absolute atomic E-state index is 4.54. The van der Waals surface area contributed by atoms with Gasteiger partial charge in [0.15, 0.2) is 0 Å². The Balaban J connectivity index is 1.82. The first-order valence-electron chi connectivity index (χ1n) is 6.27. The molecule has 0 spiro atoms. The van der Waals surface area contributed by atoms with Crippen molar-refractivity contribution in [2.45, 2.75) is 26.4 Å². The van der Waals surface area contributed by atoms with E-state index in [1.54, 1.807) is 11.3 Å². The van der Waals surface area contributed by atoms with E-state index in [9.17, 15) is 0 Å². The molecule has 0 aliphatic carbocycles. The molecule has 3 rings (SSSR count). The van der Waals surface area contributed by atoms with Gasteiger partial charge in [0, 0.05) is 30.0 Å². The van der Waals surface area contributed by atoms with Crippen LogP contribution in [0.2, 0.25) is 0 Å². The third-order valence-electron chi connectivity index (χ3n) is 3.10. The summed E-state index contributed by atoms with van der Waals surface area (Å²) < 4.78 is 1.16. The molecule has 2 N–H and O–H groups in total. The molecule has 3 heterocycles. The largest absolute Gasteiger partial charge is 0.365 e. The predicted octanol–water partition coefficient (Wildman–Crippen LogP) is 2.87. The summed E-state index contributed by atoms with van der Waals surface area (Å²) in [6.45, 7) is 4.61. The van der Waals surface area contributed by atoms with Crippen molar-refractivity contribution in [1.82, 2.24) is 15.3 Å². The average Bonchev–Trinajstić information content (AvgIpc) is 2.81. The van der Waals surface area contributed by atoms with Crippen LogP contribution in [0.25, 0.3) is 0 Å². The average molecular weight is 339 g/mol. The monoisotopic (exact) mass is 338 g/mol. The highest BCUT2D eigenvalue weighted by atomic mass is 79.9. The van der Waals surface area contributed by atoms with E-state index >= 15 is 0 Å². The first-order valence-corrected chi connectivity index (χ1v) is 7.88. The minimum atomic E-state index is 0.805. The van der Waals surface area contributed by atoms with Gasteiger partial charge in [-0.1, -0.05) is 0 Å². The number of aryl methyl sites for hydroxylation is 1. The van der Waals surface area contributed by atoms with Crippen LogP contribution in [0, 0.1) is 6.92 Å². The van der Waals surface area contributed by atoms with Gasteiger partial charge in [-0.05, 0) is 35.0 Å². The van der Waals surface area contributed by atoms with Crippen LogP contribution >= 0.6 is 27.3 Å². The summed E-state index contributed by atoms with van der Waals surface area (Å²) in [5.74, 6) is 1.81. The number of aromatic nitrogens is 2. The molecule has 0 atom stereocenters. The summed E-state index contributed by atoms with van der Waals surface area (Å²) >= 11 is 5.23. The van der Waals surface area contributed by atoms with Gasteiger partial charge in [0.25, 0.3) is 0 Å². The first kappa shape index (κ1) is 13.0. The van der Waals surface area contributed by atoms with E-state index in [1.807, 2.05) is 6.92 Å². The Morgan fingerprint density at radius 1 is 1.42 bits per heavy atom. The molecular weight excluding hydrogens is 324 g/mol. The van der Waals surface area contributed by atoms with Gasteiger partial charge in [0.1, 0.15) is 11.6 Å². The summed E-state index contributed by atoms with van der Waals surface area (Å²) in [6.07, 6.45) is 0.984. The Labute approximate surface area is 124 Å². The highest BCUT2D eigenvalue weighted by Crippen LogP contribution is 2.24. The van der Waals surface area contributed by atoms with Crippen LogP contribution < -0.4 is 10.6 Å². The smallest absolute Gasteiger partial charge is 0.134 e. The highest BCUT2D eigenvalue weighted by Gasteiger charge is 2.16. The van der Waals surface area contributed by atoms with Gasteiger partial charge in [-0.15, -0.1) is 11.3 Å². The number of anilines is 1. The fourth-order valence-corrected chi connectivity index (χ4v) is 3.65. The van der Waals surface area contributed by atoms with E-state index in [2.05, 4.69) is 48.7 Å². The van der Waals surface area contributed by atoms with Crippen LogP contribution in [-0.4, -0.2) is 16.5 Å². The van der Waals surface area contributed by atoms with Crippen LogP contribution in [0.5, 0.6) is 0 Å². The van der Waals surface area contributed by atoms with Crippen LogP contribution in [0.4, 0.5) is 5.82 Å². The van der Waals surface area contributed by atoms with Gasteiger partial charge in [0.2, 0.25) is 0 Å². The summed E-state index contributed by atoms with van der Waals surface area (Å²) in [5.41, 5.74) is 2.40. The standard InChI is InChI=1S/C13H15BrN4S/c1-8-17-11-4-5-15-7-10(11)13(18-8)16-6-9-2-3-12(14)19-9/h2-3,15H,4-7H2,1H3,(H,16,17,18). The van der Waals surface area contributed by atoms with E-state index in [-0.39, 0.29) is 0 Å². The Morgan fingerprint density at radius 2 is 2.32 bits per heavy atom.